The standard InChI is InChI=1S/C9H9F3O2S/c10-9(11,12)15-7-3-1-6(2-4-7)8(14)5-13/h1-4,8,13-14H,5H2. The van der Waals surface area contributed by atoms with Gasteiger partial charge in [-0.05, 0) is 29.5 Å². The van der Waals surface area contributed by atoms with E-state index in [1.807, 2.05) is 0 Å². The molecule has 1 rings (SSSR count). The van der Waals surface area contributed by atoms with Crippen LogP contribution in [-0.2, 0) is 0 Å². The van der Waals surface area contributed by atoms with Crippen molar-refractivity contribution in [2.24, 2.45) is 0 Å². The molecule has 0 bridgehead atoms. The Morgan fingerprint density at radius 1 is 1.20 bits per heavy atom. The van der Waals surface area contributed by atoms with Gasteiger partial charge in [-0.1, -0.05) is 12.1 Å². The Morgan fingerprint density at radius 3 is 2.13 bits per heavy atom. The minimum absolute atomic E-state index is 0.0522. The first-order valence-corrected chi connectivity index (χ1v) is 4.88. The molecule has 0 aliphatic carbocycles. The van der Waals surface area contributed by atoms with Crippen LogP contribution in [0.25, 0.3) is 0 Å². The number of aliphatic hydroxyl groups is 2. The molecular weight excluding hydrogens is 229 g/mol. The summed E-state index contributed by atoms with van der Waals surface area (Å²) in [5.74, 6) is 0. The minimum atomic E-state index is -4.31. The average molecular weight is 238 g/mol. The van der Waals surface area contributed by atoms with Gasteiger partial charge in [-0.15, -0.1) is 0 Å². The van der Waals surface area contributed by atoms with Crippen LogP contribution in [0.15, 0.2) is 29.2 Å². The smallest absolute Gasteiger partial charge is 0.393 e. The second-order valence-electron chi connectivity index (χ2n) is 2.82. The maximum atomic E-state index is 11.9. The molecule has 0 amide bonds. The van der Waals surface area contributed by atoms with E-state index in [0.717, 1.165) is 0 Å². The molecule has 0 aliphatic rings. The van der Waals surface area contributed by atoms with E-state index in [4.69, 9.17) is 5.11 Å². The van der Waals surface area contributed by atoms with Crippen molar-refractivity contribution in [1.29, 1.82) is 0 Å². The van der Waals surface area contributed by atoms with E-state index in [9.17, 15) is 18.3 Å². The Kier molecular flexibility index (Phi) is 4.01. The van der Waals surface area contributed by atoms with Crippen LogP contribution in [0.3, 0.4) is 0 Å². The van der Waals surface area contributed by atoms with E-state index in [1.165, 1.54) is 24.3 Å². The number of halogens is 3. The van der Waals surface area contributed by atoms with Gasteiger partial charge in [0.05, 0.1) is 6.61 Å². The Morgan fingerprint density at radius 2 is 1.73 bits per heavy atom. The summed E-state index contributed by atoms with van der Waals surface area (Å²) < 4.78 is 35.8. The van der Waals surface area contributed by atoms with E-state index in [1.54, 1.807) is 0 Å². The molecule has 0 aliphatic heterocycles. The zero-order chi connectivity index (χ0) is 11.5. The van der Waals surface area contributed by atoms with E-state index < -0.39 is 18.2 Å². The fourth-order valence-electron chi connectivity index (χ4n) is 0.997. The van der Waals surface area contributed by atoms with E-state index >= 15 is 0 Å². The van der Waals surface area contributed by atoms with Crippen molar-refractivity contribution in [3.63, 3.8) is 0 Å². The number of hydrogen-bond acceptors (Lipinski definition) is 3. The molecule has 1 atom stereocenters. The molecule has 0 fully saturated rings. The first kappa shape index (κ1) is 12.4. The first-order chi connectivity index (χ1) is 6.92. The van der Waals surface area contributed by atoms with Crippen molar-refractivity contribution >= 4 is 11.8 Å². The van der Waals surface area contributed by atoms with Gasteiger partial charge in [0.15, 0.2) is 0 Å². The van der Waals surface area contributed by atoms with E-state index in [0.29, 0.717) is 5.56 Å². The molecule has 84 valence electrons. The van der Waals surface area contributed by atoms with Crippen molar-refractivity contribution in [3.8, 4) is 0 Å². The molecule has 0 saturated heterocycles. The summed E-state index contributed by atoms with van der Waals surface area (Å²) >= 11 is -0.215. The number of benzene rings is 1. The number of aliphatic hydroxyl groups excluding tert-OH is 2. The molecule has 0 heterocycles. The highest BCUT2D eigenvalue weighted by atomic mass is 32.2. The molecule has 0 spiro atoms. The van der Waals surface area contributed by atoms with Crippen molar-refractivity contribution in [1.82, 2.24) is 0 Å². The number of alkyl halides is 3. The zero-order valence-corrected chi connectivity index (χ0v) is 8.35. The summed E-state index contributed by atoms with van der Waals surface area (Å²) in [6.45, 7) is -0.453. The third-order valence-corrected chi connectivity index (χ3v) is 2.41. The number of thioether (sulfide) groups is 1. The normalized spacial score (nSPS) is 13.9. The number of rotatable bonds is 3. The molecule has 0 aromatic heterocycles. The van der Waals surface area contributed by atoms with Crippen LogP contribution >= 0.6 is 11.8 Å². The molecule has 15 heavy (non-hydrogen) atoms. The quantitative estimate of drug-likeness (QED) is 0.794. The maximum Gasteiger partial charge on any atom is 0.446 e. The zero-order valence-electron chi connectivity index (χ0n) is 7.53. The fourth-order valence-corrected chi connectivity index (χ4v) is 1.54. The van der Waals surface area contributed by atoms with Crippen molar-refractivity contribution in [2.75, 3.05) is 6.61 Å². The Hall–Kier alpha value is -0.720. The lowest BCUT2D eigenvalue weighted by Gasteiger charge is -2.09. The van der Waals surface area contributed by atoms with Crippen molar-refractivity contribution < 1.29 is 23.4 Å². The summed E-state index contributed by atoms with van der Waals surface area (Å²) in [5, 5.41) is 17.8. The molecule has 2 nitrogen and oxygen atoms in total. The fraction of sp³-hybridized carbons (Fsp3) is 0.333. The summed E-state index contributed by atoms with van der Waals surface area (Å²) in [4.78, 5) is 0.0522. The maximum absolute atomic E-state index is 11.9. The second kappa shape index (κ2) is 4.87. The highest BCUT2D eigenvalue weighted by molar-refractivity contribution is 8.00. The van der Waals surface area contributed by atoms with Gasteiger partial charge in [-0.25, -0.2) is 0 Å². The van der Waals surface area contributed by atoms with E-state index in [-0.39, 0.29) is 16.7 Å². The number of hydrogen-bond donors (Lipinski definition) is 2. The summed E-state index contributed by atoms with van der Waals surface area (Å²) in [6, 6.07) is 5.22. The van der Waals surface area contributed by atoms with Gasteiger partial charge in [0.2, 0.25) is 0 Å². The molecule has 2 N–H and O–H groups in total. The summed E-state index contributed by atoms with van der Waals surface area (Å²) in [7, 11) is 0. The molecular formula is C9H9F3O2S. The third-order valence-electron chi connectivity index (χ3n) is 1.67. The van der Waals surface area contributed by atoms with Crippen molar-refractivity contribution in [3.05, 3.63) is 29.8 Å². The van der Waals surface area contributed by atoms with Crippen molar-refractivity contribution in [2.45, 2.75) is 16.5 Å². The van der Waals surface area contributed by atoms with Crippen LogP contribution in [0.1, 0.15) is 11.7 Å². The molecule has 0 saturated carbocycles. The first-order valence-electron chi connectivity index (χ1n) is 4.07. The van der Waals surface area contributed by atoms with Crippen LogP contribution in [0.5, 0.6) is 0 Å². The van der Waals surface area contributed by atoms with E-state index in [2.05, 4.69) is 0 Å². The minimum Gasteiger partial charge on any atom is -0.393 e. The monoisotopic (exact) mass is 238 g/mol. The Balaban J connectivity index is 2.72. The highest BCUT2D eigenvalue weighted by Crippen LogP contribution is 2.36. The molecule has 1 aromatic rings. The van der Waals surface area contributed by atoms with Gasteiger partial charge in [0, 0.05) is 4.90 Å². The van der Waals surface area contributed by atoms with Gasteiger partial charge in [-0.3, -0.25) is 0 Å². The molecule has 0 radical (unpaired) electrons. The summed E-state index contributed by atoms with van der Waals surface area (Å²) in [5.41, 5.74) is -3.92. The Bertz CT molecular complexity index is 310. The Labute approximate surface area is 88.7 Å². The summed E-state index contributed by atoms with van der Waals surface area (Å²) in [6.07, 6.45) is -1.05. The lowest BCUT2D eigenvalue weighted by molar-refractivity contribution is -0.0328. The lowest BCUT2D eigenvalue weighted by atomic mass is 10.1. The largest absolute Gasteiger partial charge is 0.446 e. The topological polar surface area (TPSA) is 40.5 Å². The average Bonchev–Trinajstić information content (AvgIpc) is 2.15. The van der Waals surface area contributed by atoms with Crippen LogP contribution < -0.4 is 0 Å². The highest BCUT2D eigenvalue weighted by Gasteiger charge is 2.29. The van der Waals surface area contributed by atoms with Gasteiger partial charge < -0.3 is 10.2 Å². The molecule has 6 heteroatoms. The van der Waals surface area contributed by atoms with Gasteiger partial charge in [-0.2, -0.15) is 13.2 Å². The predicted molar refractivity (Wildman–Crippen MR) is 50.4 cm³/mol. The molecule has 1 unspecified atom stereocenters. The van der Waals surface area contributed by atoms with Crippen LogP contribution in [0, 0.1) is 0 Å². The van der Waals surface area contributed by atoms with Crippen LogP contribution in [0.2, 0.25) is 0 Å². The van der Waals surface area contributed by atoms with Gasteiger partial charge in [0.25, 0.3) is 0 Å². The second-order valence-corrected chi connectivity index (χ2v) is 3.95. The predicted octanol–water partition coefficient (Wildman–Crippen LogP) is 2.32. The SMILES string of the molecule is OCC(O)c1ccc(SC(F)(F)F)cc1. The molecule has 1 aromatic carbocycles. The van der Waals surface area contributed by atoms with Crippen LogP contribution in [0.4, 0.5) is 13.2 Å². The van der Waals surface area contributed by atoms with Gasteiger partial charge >= 0.3 is 5.51 Å². The van der Waals surface area contributed by atoms with Gasteiger partial charge in [0.1, 0.15) is 6.10 Å². The lowest BCUT2D eigenvalue weighted by Crippen LogP contribution is -2.02. The van der Waals surface area contributed by atoms with Crippen LogP contribution in [-0.4, -0.2) is 22.3 Å². The third kappa shape index (κ3) is 4.11.